The lowest BCUT2D eigenvalue weighted by Crippen LogP contribution is -2.29. The van der Waals surface area contributed by atoms with E-state index in [1.807, 2.05) is 27.7 Å². The summed E-state index contributed by atoms with van der Waals surface area (Å²) in [6.07, 6.45) is 0. The molecule has 0 aliphatic heterocycles. The van der Waals surface area contributed by atoms with E-state index in [-0.39, 0.29) is 41.4 Å². The Morgan fingerprint density at radius 3 is 2.38 bits per heavy atom. The van der Waals surface area contributed by atoms with Gasteiger partial charge in [-0.3, -0.25) is 14.2 Å². The number of benzene rings is 2. The maximum atomic E-state index is 13.4. The second-order valence-corrected chi connectivity index (χ2v) is 9.35. The Labute approximate surface area is 195 Å². The highest BCUT2D eigenvalue weighted by molar-refractivity contribution is 5.98. The van der Waals surface area contributed by atoms with Crippen LogP contribution in [0.1, 0.15) is 43.6 Å². The Morgan fingerprint density at radius 1 is 1.03 bits per heavy atom. The van der Waals surface area contributed by atoms with Gasteiger partial charge in [-0.05, 0) is 47.7 Å². The van der Waals surface area contributed by atoms with Crippen molar-refractivity contribution < 1.29 is 9.18 Å². The molecule has 0 unspecified atom stereocenters. The molecule has 0 aliphatic rings. The Kier molecular flexibility index (Phi) is 6.37. The van der Waals surface area contributed by atoms with Crippen molar-refractivity contribution in [3.63, 3.8) is 0 Å². The number of carbonyl (C=O) groups excluding carboxylic acids is 1. The van der Waals surface area contributed by atoms with Gasteiger partial charge in [0.25, 0.3) is 11.5 Å². The number of amides is 1. The minimum atomic E-state index is -0.443. The van der Waals surface area contributed by atoms with E-state index < -0.39 is 5.69 Å². The van der Waals surface area contributed by atoms with E-state index in [2.05, 4.69) is 10.4 Å². The Bertz CT molecular complexity index is 1480. The molecule has 4 aromatic rings. The number of nitrogens with one attached hydrogen (secondary N) is 1. The van der Waals surface area contributed by atoms with Crippen LogP contribution in [-0.4, -0.2) is 31.2 Å². The number of nitrogens with zero attached hydrogens (tertiary/aromatic N) is 4. The first kappa shape index (κ1) is 23.4. The second-order valence-electron chi connectivity index (χ2n) is 9.35. The zero-order chi connectivity index (χ0) is 24.6. The number of carbonyl (C=O) groups is 1. The maximum absolute atomic E-state index is 13.4. The summed E-state index contributed by atoms with van der Waals surface area (Å²) in [7, 11) is 0. The van der Waals surface area contributed by atoms with Crippen LogP contribution in [0.25, 0.3) is 16.7 Å². The summed E-state index contributed by atoms with van der Waals surface area (Å²) in [5.74, 6) is -0.0184. The highest BCUT2D eigenvalue weighted by Gasteiger charge is 2.19. The first-order valence-corrected chi connectivity index (χ1v) is 11.3. The molecule has 1 amide bonds. The Hall–Kier alpha value is -3.75. The molecule has 0 saturated heterocycles. The highest BCUT2D eigenvalue weighted by Crippen LogP contribution is 2.16. The van der Waals surface area contributed by atoms with Crippen LogP contribution in [0.4, 0.5) is 4.39 Å². The minimum absolute atomic E-state index is 0.118. The fraction of sp³-hybridized carbons (Fsp3) is 0.360. The van der Waals surface area contributed by atoms with Crippen molar-refractivity contribution in [2.75, 3.05) is 6.54 Å². The van der Waals surface area contributed by atoms with E-state index in [0.29, 0.717) is 35.1 Å². The third-order valence-electron chi connectivity index (χ3n) is 5.50. The van der Waals surface area contributed by atoms with Crippen LogP contribution in [0.2, 0.25) is 0 Å². The molecule has 8 nitrogen and oxygen atoms in total. The van der Waals surface area contributed by atoms with E-state index in [9.17, 15) is 18.8 Å². The third kappa shape index (κ3) is 4.50. The molecule has 2 aromatic heterocycles. The second kappa shape index (κ2) is 9.24. The average Bonchev–Trinajstić information content (AvgIpc) is 3.11. The molecule has 2 heterocycles. The predicted octanol–water partition coefficient (Wildman–Crippen LogP) is 3.04. The molecule has 0 atom stereocenters. The average molecular weight is 466 g/mol. The van der Waals surface area contributed by atoms with Crippen molar-refractivity contribution in [3.8, 4) is 0 Å². The van der Waals surface area contributed by atoms with Gasteiger partial charge in [0, 0.05) is 18.7 Å². The summed E-state index contributed by atoms with van der Waals surface area (Å²) in [4.78, 5) is 39.4. The Balaban J connectivity index is 1.93. The lowest BCUT2D eigenvalue weighted by Gasteiger charge is -2.13. The lowest BCUT2D eigenvalue weighted by atomic mass is 10.1. The van der Waals surface area contributed by atoms with Gasteiger partial charge < -0.3 is 5.32 Å². The number of hydrogen-bond acceptors (Lipinski definition) is 4. The monoisotopic (exact) mass is 465 g/mol. The third-order valence-corrected chi connectivity index (χ3v) is 5.50. The van der Waals surface area contributed by atoms with Crippen LogP contribution in [0.5, 0.6) is 0 Å². The van der Waals surface area contributed by atoms with Crippen LogP contribution in [-0.2, 0) is 13.1 Å². The summed E-state index contributed by atoms with van der Waals surface area (Å²) in [5, 5.41) is 7.65. The van der Waals surface area contributed by atoms with Gasteiger partial charge in [0.2, 0.25) is 5.78 Å². The summed E-state index contributed by atoms with van der Waals surface area (Å²) in [6, 6.07) is 10.6. The lowest BCUT2D eigenvalue weighted by molar-refractivity contribution is 0.0949. The van der Waals surface area contributed by atoms with Crippen molar-refractivity contribution in [1.82, 2.24) is 24.1 Å². The molecule has 0 saturated carbocycles. The molecule has 1 N–H and O–H groups in total. The highest BCUT2D eigenvalue weighted by atomic mass is 19.1. The first-order chi connectivity index (χ1) is 16.2. The summed E-state index contributed by atoms with van der Waals surface area (Å²) < 4.78 is 17.4. The minimum Gasteiger partial charge on any atom is -0.352 e. The topological polar surface area (TPSA) is 90.4 Å². The quantitative estimate of drug-likeness (QED) is 0.454. The molecule has 2 aromatic carbocycles. The molecule has 34 heavy (non-hydrogen) atoms. The van der Waals surface area contributed by atoms with E-state index >= 15 is 0 Å². The van der Waals surface area contributed by atoms with Gasteiger partial charge in [-0.2, -0.15) is 0 Å². The Morgan fingerprint density at radius 2 is 1.74 bits per heavy atom. The van der Waals surface area contributed by atoms with Gasteiger partial charge in [0.1, 0.15) is 5.82 Å². The molecule has 178 valence electrons. The van der Waals surface area contributed by atoms with Crippen LogP contribution < -0.4 is 16.6 Å². The number of hydrogen-bond donors (Lipinski definition) is 1. The number of aromatic nitrogens is 4. The molecule has 0 radical (unpaired) electrons. The fourth-order valence-electron chi connectivity index (χ4n) is 3.85. The normalized spacial score (nSPS) is 11.7. The standard InChI is InChI=1S/C25H28FN5O3/c1-15(2)12-27-22(32)18-7-10-20-21(11-18)31-24(29(23(20)33)13-16(3)4)28-30(25(31)34)14-17-5-8-19(26)9-6-17/h5-11,15-16H,12-14H2,1-4H3,(H,27,32). The van der Waals surface area contributed by atoms with Gasteiger partial charge in [-0.1, -0.05) is 39.8 Å². The van der Waals surface area contributed by atoms with Gasteiger partial charge in [-0.25, -0.2) is 18.3 Å². The van der Waals surface area contributed by atoms with Crippen molar-refractivity contribution in [2.24, 2.45) is 11.8 Å². The molecule has 0 fully saturated rings. The molecule has 9 heteroatoms. The van der Waals surface area contributed by atoms with Crippen molar-refractivity contribution in [2.45, 2.75) is 40.8 Å². The van der Waals surface area contributed by atoms with Gasteiger partial charge in [0.15, 0.2) is 0 Å². The largest absolute Gasteiger partial charge is 0.352 e. The van der Waals surface area contributed by atoms with Crippen molar-refractivity contribution in [1.29, 1.82) is 0 Å². The smallest absolute Gasteiger partial charge is 0.352 e. The summed E-state index contributed by atoms with van der Waals surface area (Å²) in [5.41, 5.74) is 0.662. The van der Waals surface area contributed by atoms with E-state index in [4.69, 9.17) is 0 Å². The SMILES string of the molecule is CC(C)CNC(=O)c1ccc2c(=O)n(CC(C)C)c3nn(Cc4ccc(F)cc4)c(=O)n3c2c1. The summed E-state index contributed by atoms with van der Waals surface area (Å²) >= 11 is 0. The first-order valence-electron chi connectivity index (χ1n) is 11.3. The van der Waals surface area contributed by atoms with Gasteiger partial charge in [0.05, 0.1) is 17.4 Å². The van der Waals surface area contributed by atoms with Crippen LogP contribution in [0.15, 0.2) is 52.1 Å². The molecule has 4 rings (SSSR count). The zero-order valence-corrected chi connectivity index (χ0v) is 19.7. The number of rotatable bonds is 7. The van der Waals surface area contributed by atoms with Crippen molar-refractivity contribution >= 4 is 22.6 Å². The molecule has 0 spiro atoms. The zero-order valence-electron chi connectivity index (χ0n) is 19.7. The van der Waals surface area contributed by atoms with E-state index in [1.165, 1.54) is 25.8 Å². The van der Waals surface area contributed by atoms with Gasteiger partial charge in [-0.15, -0.1) is 5.10 Å². The molecular weight excluding hydrogens is 437 g/mol. The predicted molar refractivity (Wildman–Crippen MR) is 129 cm³/mol. The molecule has 0 aliphatic carbocycles. The van der Waals surface area contributed by atoms with E-state index in [0.717, 1.165) is 0 Å². The van der Waals surface area contributed by atoms with Crippen LogP contribution in [0, 0.1) is 17.7 Å². The van der Waals surface area contributed by atoms with Crippen molar-refractivity contribution in [3.05, 3.63) is 80.2 Å². The number of fused-ring (bicyclic) bond motifs is 3. The fourth-order valence-corrected chi connectivity index (χ4v) is 3.85. The number of halogens is 1. The van der Waals surface area contributed by atoms with Crippen LogP contribution in [0.3, 0.4) is 0 Å². The summed E-state index contributed by atoms with van der Waals surface area (Å²) in [6.45, 7) is 8.95. The molecular formula is C25H28FN5O3. The van der Waals surface area contributed by atoms with Gasteiger partial charge >= 0.3 is 5.69 Å². The van der Waals surface area contributed by atoms with E-state index in [1.54, 1.807) is 30.3 Å². The maximum Gasteiger partial charge on any atom is 0.352 e. The molecule has 0 bridgehead atoms. The van der Waals surface area contributed by atoms with Crippen LogP contribution >= 0.6 is 0 Å².